The highest BCUT2D eigenvalue weighted by Crippen LogP contribution is 2.35. The van der Waals surface area contributed by atoms with Crippen LogP contribution >= 0.6 is 0 Å². The summed E-state index contributed by atoms with van der Waals surface area (Å²) in [5.41, 5.74) is 6.15. The molecule has 3 rings (SSSR count). The van der Waals surface area contributed by atoms with E-state index in [0.717, 1.165) is 17.7 Å². The van der Waals surface area contributed by atoms with Crippen LogP contribution in [0.1, 0.15) is 11.1 Å². The second-order valence-electron chi connectivity index (χ2n) is 5.41. The molecule has 0 aliphatic heterocycles. The average molecular weight is 348 g/mol. The number of nitrogens with two attached hydrogens (primary N) is 1. The highest BCUT2D eigenvalue weighted by atomic mass is 19.4. The van der Waals surface area contributed by atoms with Crippen molar-refractivity contribution in [3.63, 3.8) is 0 Å². The van der Waals surface area contributed by atoms with Gasteiger partial charge in [0, 0.05) is 11.5 Å². The minimum absolute atomic E-state index is 0.178. The molecule has 0 spiro atoms. The molecule has 4 nitrogen and oxygen atoms in total. The van der Waals surface area contributed by atoms with Gasteiger partial charge in [0.05, 0.1) is 18.2 Å². The number of anilines is 1. The van der Waals surface area contributed by atoms with Crippen LogP contribution in [0.15, 0.2) is 48.5 Å². The minimum atomic E-state index is -4.44. The summed E-state index contributed by atoms with van der Waals surface area (Å²) < 4.78 is 49.6. The van der Waals surface area contributed by atoms with E-state index in [1.807, 2.05) is 12.1 Å². The lowest BCUT2D eigenvalue weighted by Gasteiger charge is -2.13. The Bertz CT molecular complexity index is 893. The summed E-state index contributed by atoms with van der Waals surface area (Å²) in [7, 11) is 1.57. The molecular weight excluding hydrogens is 333 g/mol. The number of hydrogen-bond acceptors (Lipinski definition) is 4. The summed E-state index contributed by atoms with van der Waals surface area (Å²) in [5.74, 6) is 1.14. The standard InChI is InChI=1S/C18H15F3N2O2/c1-24-13-5-2-11(3-6-13)10-25-16-9-17(22)23-15-7-4-12(8-14(15)16)18(19,20)21/h2-9H,10H2,1H3,(H2,22,23). The number of fused-ring (bicyclic) bond motifs is 1. The van der Waals surface area contributed by atoms with E-state index in [-0.39, 0.29) is 23.6 Å². The first kappa shape index (κ1) is 16.9. The van der Waals surface area contributed by atoms with Gasteiger partial charge in [-0.1, -0.05) is 12.1 Å². The average Bonchev–Trinajstić information content (AvgIpc) is 2.58. The number of pyridine rings is 1. The van der Waals surface area contributed by atoms with Crippen LogP contribution in [0.25, 0.3) is 10.9 Å². The van der Waals surface area contributed by atoms with Crippen LogP contribution in [0.5, 0.6) is 11.5 Å². The van der Waals surface area contributed by atoms with Gasteiger partial charge in [-0.3, -0.25) is 0 Å². The summed E-state index contributed by atoms with van der Waals surface area (Å²) in [6, 6.07) is 11.9. The Hall–Kier alpha value is -2.96. The smallest absolute Gasteiger partial charge is 0.416 e. The number of nitrogens with zero attached hydrogens (tertiary/aromatic N) is 1. The van der Waals surface area contributed by atoms with Crippen molar-refractivity contribution in [3.05, 3.63) is 59.7 Å². The first-order valence-corrected chi connectivity index (χ1v) is 7.40. The molecule has 0 fully saturated rings. The second kappa shape index (κ2) is 6.51. The summed E-state index contributed by atoms with van der Waals surface area (Å²) >= 11 is 0. The van der Waals surface area contributed by atoms with E-state index in [2.05, 4.69) is 4.98 Å². The van der Waals surface area contributed by atoms with Gasteiger partial charge in [-0.2, -0.15) is 13.2 Å². The van der Waals surface area contributed by atoms with Gasteiger partial charge < -0.3 is 15.2 Å². The normalized spacial score (nSPS) is 11.5. The van der Waals surface area contributed by atoms with Crippen LogP contribution in [0.3, 0.4) is 0 Å². The van der Waals surface area contributed by atoms with Crippen molar-refractivity contribution >= 4 is 16.7 Å². The van der Waals surface area contributed by atoms with Gasteiger partial charge in [-0.15, -0.1) is 0 Å². The highest BCUT2D eigenvalue weighted by molar-refractivity contribution is 5.87. The molecular formula is C18H15F3N2O2. The van der Waals surface area contributed by atoms with Crippen molar-refractivity contribution in [1.29, 1.82) is 0 Å². The summed E-state index contributed by atoms with van der Waals surface area (Å²) in [4.78, 5) is 4.05. The number of halogens is 3. The van der Waals surface area contributed by atoms with Gasteiger partial charge in [0.25, 0.3) is 0 Å². The van der Waals surface area contributed by atoms with Crippen molar-refractivity contribution < 1.29 is 22.6 Å². The molecule has 0 amide bonds. The monoisotopic (exact) mass is 348 g/mol. The van der Waals surface area contributed by atoms with E-state index in [9.17, 15) is 13.2 Å². The van der Waals surface area contributed by atoms with Crippen LogP contribution in [0.2, 0.25) is 0 Å². The number of nitrogen functional groups attached to an aromatic ring is 1. The third-order valence-corrected chi connectivity index (χ3v) is 3.67. The lowest BCUT2D eigenvalue weighted by atomic mass is 10.1. The number of benzene rings is 2. The molecule has 25 heavy (non-hydrogen) atoms. The first-order valence-electron chi connectivity index (χ1n) is 7.40. The number of hydrogen-bond donors (Lipinski definition) is 1. The van der Waals surface area contributed by atoms with Gasteiger partial charge in [0.2, 0.25) is 0 Å². The van der Waals surface area contributed by atoms with Gasteiger partial charge in [0.1, 0.15) is 23.9 Å². The molecule has 0 unspecified atom stereocenters. The zero-order chi connectivity index (χ0) is 18.0. The number of aromatic nitrogens is 1. The van der Waals surface area contributed by atoms with Crippen molar-refractivity contribution in [2.75, 3.05) is 12.8 Å². The van der Waals surface area contributed by atoms with Gasteiger partial charge in [-0.25, -0.2) is 4.98 Å². The zero-order valence-electron chi connectivity index (χ0n) is 13.3. The Labute approximate surface area is 142 Å². The lowest BCUT2D eigenvalue weighted by molar-refractivity contribution is -0.137. The topological polar surface area (TPSA) is 57.4 Å². The maximum atomic E-state index is 13.0. The fourth-order valence-corrected chi connectivity index (χ4v) is 2.39. The van der Waals surface area contributed by atoms with E-state index in [1.165, 1.54) is 12.1 Å². The fourth-order valence-electron chi connectivity index (χ4n) is 2.39. The van der Waals surface area contributed by atoms with Crippen LogP contribution in [0, 0.1) is 0 Å². The fraction of sp³-hybridized carbons (Fsp3) is 0.167. The van der Waals surface area contributed by atoms with E-state index in [0.29, 0.717) is 11.3 Å². The lowest BCUT2D eigenvalue weighted by Crippen LogP contribution is -2.05. The predicted octanol–water partition coefficient (Wildman–Crippen LogP) is 4.42. The molecule has 1 aromatic heterocycles. The molecule has 7 heteroatoms. The maximum absolute atomic E-state index is 13.0. The predicted molar refractivity (Wildman–Crippen MR) is 88.5 cm³/mol. The summed E-state index contributed by atoms with van der Waals surface area (Å²) in [6.07, 6.45) is -4.44. The van der Waals surface area contributed by atoms with Crippen LogP contribution in [-0.2, 0) is 12.8 Å². The van der Waals surface area contributed by atoms with Crippen molar-refractivity contribution in [2.45, 2.75) is 12.8 Å². The minimum Gasteiger partial charge on any atom is -0.497 e. The van der Waals surface area contributed by atoms with Gasteiger partial charge in [0.15, 0.2) is 0 Å². The quantitative estimate of drug-likeness (QED) is 0.758. The maximum Gasteiger partial charge on any atom is 0.416 e. The second-order valence-corrected chi connectivity index (χ2v) is 5.41. The van der Waals surface area contributed by atoms with Crippen molar-refractivity contribution in [1.82, 2.24) is 4.98 Å². The van der Waals surface area contributed by atoms with E-state index in [1.54, 1.807) is 19.2 Å². The van der Waals surface area contributed by atoms with Gasteiger partial charge >= 0.3 is 6.18 Å². The van der Waals surface area contributed by atoms with E-state index >= 15 is 0 Å². The molecule has 2 aromatic carbocycles. The Morgan fingerprint density at radius 1 is 1.04 bits per heavy atom. The Morgan fingerprint density at radius 3 is 2.40 bits per heavy atom. The molecule has 0 aliphatic carbocycles. The SMILES string of the molecule is COc1ccc(COc2cc(N)nc3ccc(C(F)(F)F)cc23)cc1. The molecule has 0 saturated heterocycles. The molecule has 0 aliphatic rings. The number of ether oxygens (including phenoxy) is 2. The molecule has 1 heterocycles. The number of methoxy groups -OCH3 is 1. The Kier molecular flexibility index (Phi) is 4.39. The molecule has 0 bridgehead atoms. The molecule has 0 atom stereocenters. The molecule has 130 valence electrons. The van der Waals surface area contributed by atoms with Crippen molar-refractivity contribution in [2.24, 2.45) is 0 Å². The third kappa shape index (κ3) is 3.76. The largest absolute Gasteiger partial charge is 0.497 e. The van der Waals surface area contributed by atoms with Crippen molar-refractivity contribution in [3.8, 4) is 11.5 Å². The Balaban J connectivity index is 1.93. The molecule has 0 saturated carbocycles. The number of alkyl halides is 3. The number of rotatable bonds is 4. The molecule has 3 aromatic rings. The van der Waals surface area contributed by atoms with Gasteiger partial charge in [-0.05, 0) is 35.9 Å². The van der Waals surface area contributed by atoms with E-state index in [4.69, 9.17) is 15.2 Å². The Morgan fingerprint density at radius 2 is 1.76 bits per heavy atom. The zero-order valence-corrected chi connectivity index (χ0v) is 13.3. The third-order valence-electron chi connectivity index (χ3n) is 3.67. The highest BCUT2D eigenvalue weighted by Gasteiger charge is 2.30. The van der Waals surface area contributed by atoms with Crippen LogP contribution < -0.4 is 15.2 Å². The van der Waals surface area contributed by atoms with Crippen LogP contribution in [0.4, 0.5) is 19.0 Å². The summed E-state index contributed by atoms with van der Waals surface area (Å²) in [5, 5.41) is 0.262. The first-order chi connectivity index (χ1) is 11.9. The molecule has 0 radical (unpaired) electrons. The van der Waals surface area contributed by atoms with Crippen LogP contribution in [-0.4, -0.2) is 12.1 Å². The van der Waals surface area contributed by atoms with E-state index < -0.39 is 11.7 Å². The summed E-state index contributed by atoms with van der Waals surface area (Å²) in [6.45, 7) is 0.179. The molecule has 2 N–H and O–H groups in total.